The number of nitrogens with zero attached hydrogens (tertiary/aromatic N) is 3. The molecule has 0 bridgehead atoms. The monoisotopic (exact) mass is 744 g/mol. The minimum Gasteiger partial charge on any atom is -0.495 e. The maximum absolute atomic E-state index is 14.0. The minimum atomic E-state index is -1.25. The smallest absolute Gasteiger partial charge is 0.408 e. The number of imide groups is 1. The van der Waals surface area contributed by atoms with Gasteiger partial charge in [-0.15, -0.1) is 0 Å². The lowest BCUT2D eigenvalue weighted by Gasteiger charge is -2.36. The van der Waals surface area contributed by atoms with Crippen LogP contribution in [0.3, 0.4) is 0 Å². The highest BCUT2D eigenvalue weighted by Crippen LogP contribution is 2.45. The van der Waals surface area contributed by atoms with Crippen molar-refractivity contribution < 1.29 is 29.0 Å². The first-order valence-electron chi connectivity index (χ1n) is 15.2. The van der Waals surface area contributed by atoms with E-state index in [0.29, 0.717) is 11.4 Å². The summed E-state index contributed by atoms with van der Waals surface area (Å²) < 4.78 is 6.35. The van der Waals surface area contributed by atoms with Gasteiger partial charge in [-0.3, -0.25) is 19.4 Å². The van der Waals surface area contributed by atoms with E-state index in [4.69, 9.17) is 4.74 Å². The van der Waals surface area contributed by atoms with E-state index >= 15 is 0 Å². The Labute approximate surface area is 286 Å². The Balaban J connectivity index is 1.27. The molecule has 0 aromatic heterocycles. The van der Waals surface area contributed by atoms with Crippen molar-refractivity contribution in [2.75, 3.05) is 31.8 Å². The van der Waals surface area contributed by atoms with E-state index in [9.17, 15) is 24.3 Å². The molecule has 1 heterocycles. The first kappa shape index (κ1) is 32.0. The molecule has 0 unspecified atom stereocenters. The second kappa shape index (κ2) is 13.8. The lowest BCUT2D eigenvalue weighted by atomic mass is 9.95. The van der Waals surface area contributed by atoms with Gasteiger partial charge >= 0.3 is 12.1 Å². The fourth-order valence-corrected chi connectivity index (χ4v) is 6.87. The van der Waals surface area contributed by atoms with Gasteiger partial charge in [-0.05, 0) is 68.6 Å². The molecule has 47 heavy (non-hydrogen) atoms. The normalized spacial score (nSPS) is 14.8. The largest absolute Gasteiger partial charge is 0.495 e. The van der Waals surface area contributed by atoms with Gasteiger partial charge in [0.05, 0.1) is 12.8 Å². The summed E-state index contributed by atoms with van der Waals surface area (Å²) in [6.07, 6.45) is -1.10. The van der Waals surface area contributed by atoms with E-state index < -0.39 is 36.6 Å². The van der Waals surface area contributed by atoms with Gasteiger partial charge in [0.1, 0.15) is 18.5 Å². The average molecular weight is 745 g/mol. The molecular formula is C36H33IN4O6. The van der Waals surface area contributed by atoms with E-state index in [2.05, 4.69) is 27.9 Å². The standard InChI is InChI=1S/C36H33IN4O6/c1-47-32-16-15-24(37)20-30(32)39-18-17-33(42)41(35(39)44)22-38-34(43)31(19-23-9-3-2-4-10-23)40(36(45)46)21-29-27-13-7-5-11-25(27)26-12-6-8-14-28(26)29/h2-16,20,29,31H,17-19,21-22H2,1H3,(H,38,43)(H,45,46)/t31-/m0/s1. The molecule has 4 aromatic rings. The van der Waals surface area contributed by atoms with Crippen molar-refractivity contribution in [1.29, 1.82) is 0 Å². The number of urea groups is 1. The Morgan fingerprint density at radius 1 is 0.957 bits per heavy atom. The van der Waals surface area contributed by atoms with Gasteiger partial charge in [0.2, 0.25) is 11.8 Å². The van der Waals surface area contributed by atoms with Crippen molar-refractivity contribution in [2.45, 2.75) is 24.8 Å². The number of halogens is 1. The zero-order valence-electron chi connectivity index (χ0n) is 25.6. The predicted octanol–water partition coefficient (Wildman–Crippen LogP) is 5.94. The molecular weight excluding hydrogens is 711 g/mol. The number of carbonyl (C=O) groups excluding carboxylic acids is 3. The number of hydrogen-bond donors (Lipinski definition) is 2. The molecule has 2 aliphatic rings. The van der Waals surface area contributed by atoms with Crippen LogP contribution in [0.5, 0.6) is 5.75 Å². The molecule has 0 saturated carbocycles. The number of carboxylic acid groups (broad SMARTS) is 1. The molecule has 0 radical (unpaired) electrons. The highest BCUT2D eigenvalue weighted by molar-refractivity contribution is 14.1. The van der Waals surface area contributed by atoms with Crippen LogP contribution in [0, 0.1) is 3.57 Å². The molecule has 10 nitrogen and oxygen atoms in total. The summed E-state index contributed by atoms with van der Waals surface area (Å²) in [5.74, 6) is -0.857. The quantitative estimate of drug-likeness (QED) is 0.194. The zero-order valence-corrected chi connectivity index (χ0v) is 27.8. The number of rotatable bonds is 10. The van der Waals surface area contributed by atoms with Gasteiger partial charge in [0.15, 0.2) is 0 Å². The highest BCUT2D eigenvalue weighted by atomic mass is 127. The first-order valence-corrected chi connectivity index (χ1v) is 16.3. The fourth-order valence-electron chi connectivity index (χ4n) is 6.39. The summed E-state index contributed by atoms with van der Waals surface area (Å²) >= 11 is 2.14. The number of ether oxygens (including phenoxy) is 1. The molecule has 11 heteroatoms. The van der Waals surface area contributed by atoms with E-state index in [0.717, 1.165) is 36.3 Å². The summed E-state index contributed by atoms with van der Waals surface area (Å²) in [6.45, 7) is -0.213. The van der Waals surface area contributed by atoms with Crippen LogP contribution in [0.2, 0.25) is 0 Å². The number of methoxy groups -OCH3 is 1. The number of fused-ring (bicyclic) bond motifs is 3. The number of nitrogens with one attached hydrogen (secondary N) is 1. The van der Waals surface area contributed by atoms with Crippen LogP contribution in [0.15, 0.2) is 97.1 Å². The molecule has 240 valence electrons. The Morgan fingerprint density at radius 3 is 2.23 bits per heavy atom. The summed E-state index contributed by atoms with van der Waals surface area (Å²) in [6, 6.07) is 28.6. The molecule has 0 spiro atoms. The second-order valence-corrected chi connectivity index (χ2v) is 12.6. The van der Waals surface area contributed by atoms with Gasteiger partial charge in [-0.2, -0.15) is 0 Å². The summed E-state index contributed by atoms with van der Waals surface area (Å²) in [4.78, 5) is 57.2. The molecule has 6 rings (SSSR count). The molecule has 4 aromatic carbocycles. The number of anilines is 1. The predicted molar refractivity (Wildman–Crippen MR) is 185 cm³/mol. The third kappa shape index (κ3) is 6.53. The molecule has 1 saturated heterocycles. The van der Waals surface area contributed by atoms with Gasteiger partial charge in [0, 0.05) is 35.4 Å². The van der Waals surface area contributed by atoms with Crippen molar-refractivity contribution in [3.05, 3.63) is 117 Å². The summed E-state index contributed by atoms with van der Waals surface area (Å²) in [5.41, 5.74) is 5.36. The Bertz CT molecular complexity index is 1790. The number of hydrogen-bond acceptors (Lipinski definition) is 5. The fraction of sp³-hybridized carbons (Fsp3) is 0.222. The van der Waals surface area contributed by atoms with Crippen LogP contribution >= 0.6 is 22.6 Å². The van der Waals surface area contributed by atoms with Crippen LogP contribution in [0.1, 0.15) is 29.0 Å². The lowest BCUT2D eigenvalue weighted by Crippen LogP contribution is -2.58. The summed E-state index contributed by atoms with van der Waals surface area (Å²) in [5, 5.41) is 13.3. The number of amides is 5. The van der Waals surface area contributed by atoms with Crippen molar-refractivity contribution in [2.24, 2.45) is 0 Å². The Kier molecular flexibility index (Phi) is 9.43. The van der Waals surface area contributed by atoms with Crippen LogP contribution < -0.4 is 15.0 Å². The van der Waals surface area contributed by atoms with E-state index in [1.54, 1.807) is 12.1 Å². The maximum Gasteiger partial charge on any atom is 0.408 e. The van der Waals surface area contributed by atoms with Gasteiger partial charge < -0.3 is 15.2 Å². The molecule has 5 amide bonds. The highest BCUT2D eigenvalue weighted by Gasteiger charge is 2.38. The second-order valence-electron chi connectivity index (χ2n) is 11.4. The number of benzene rings is 4. The van der Waals surface area contributed by atoms with Crippen LogP contribution in [0.25, 0.3) is 11.1 Å². The van der Waals surface area contributed by atoms with Crippen molar-refractivity contribution >= 4 is 52.2 Å². The zero-order chi connectivity index (χ0) is 33.1. The molecule has 1 fully saturated rings. The minimum absolute atomic E-state index is 0.0378. The molecule has 1 aliphatic heterocycles. The van der Waals surface area contributed by atoms with Crippen LogP contribution in [-0.4, -0.2) is 71.8 Å². The lowest BCUT2D eigenvalue weighted by molar-refractivity contribution is -0.131. The van der Waals surface area contributed by atoms with Gasteiger partial charge in [0.25, 0.3) is 0 Å². The van der Waals surface area contributed by atoms with E-state index in [1.165, 1.54) is 16.9 Å². The third-order valence-electron chi connectivity index (χ3n) is 8.69. The van der Waals surface area contributed by atoms with E-state index in [-0.39, 0.29) is 31.8 Å². The SMILES string of the molecule is COc1ccc(I)cc1N1CCC(=O)N(CNC(=O)[C@H](Cc2ccccc2)N(CC2c3ccccc3-c3ccccc32)C(=O)O)C1=O. The van der Waals surface area contributed by atoms with Crippen molar-refractivity contribution in [3.8, 4) is 16.9 Å². The van der Waals surface area contributed by atoms with Gasteiger partial charge in [-0.25, -0.2) is 14.5 Å². The van der Waals surface area contributed by atoms with Crippen molar-refractivity contribution in [3.63, 3.8) is 0 Å². The van der Waals surface area contributed by atoms with Crippen LogP contribution in [0.4, 0.5) is 15.3 Å². The topological polar surface area (TPSA) is 119 Å². The van der Waals surface area contributed by atoms with Gasteiger partial charge in [-0.1, -0.05) is 78.9 Å². The van der Waals surface area contributed by atoms with Crippen LogP contribution in [-0.2, 0) is 16.0 Å². The molecule has 1 atom stereocenters. The molecule has 1 aliphatic carbocycles. The van der Waals surface area contributed by atoms with E-state index in [1.807, 2.05) is 84.9 Å². The first-order chi connectivity index (χ1) is 22.8. The molecule has 2 N–H and O–H groups in total. The third-order valence-corrected chi connectivity index (χ3v) is 9.36. The Morgan fingerprint density at radius 2 is 1.60 bits per heavy atom. The average Bonchev–Trinajstić information content (AvgIpc) is 3.39. The van der Waals surface area contributed by atoms with Crippen molar-refractivity contribution in [1.82, 2.24) is 15.1 Å². The maximum atomic E-state index is 14.0. The Hall–Kier alpha value is -4.91. The summed E-state index contributed by atoms with van der Waals surface area (Å²) in [7, 11) is 1.51. The number of carbonyl (C=O) groups is 4.